The van der Waals surface area contributed by atoms with Crippen LogP contribution in [0.4, 0.5) is 26.3 Å². The molecule has 0 aliphatic carbocycles. The Morgan fingerprint density at radius 3 is 2.48 bits per heavy atom. The summed E-state index contributed by atoms with van der Waals surface area (Å²) in [5, 5.41) is 23.7. The highest BCUT2D eigenvalue weighted by atomic mass is 127. The van der Waals surface area contributed by atoms with Gasteiger partial charge in [0.25, 0.3) is 0 Å². The van der Waals surface area contributed by atoms with Crippen LogP contribution in [-0.2, 0) is 36.6 Å². The molecule has 20 heteroatoms. The topological polar surface area (TPSA) is 182 Å². The number of carboxylic acids is 1. The van der Waals surface area contributed by atoms with Crippen LogP contribution in [0.25, 0.3) is 10.2 Å². The number of fused-ring (bicyclic) bond motifs is 2. The number of nitrogens with zero attached hydrogens (tertiary/aromatic N) is 7. The van der Waals surface area contributed by atoms with Crippen LogP contribution in [0.5, 0.6) is 5.75 Å². The first-order valence-electron chi connectivity index (χ1n) is 20.4. The van der Waals surface area contributed by atoms with E-state index in [0.29, 0.717) is 99.1 Å². The number of para-hydroxylation sites is 1. The molecule has 2 aromatic carbocycles. The second-order valence-corrected chi connectivity index (χ2v) is 17.8. The summed E-state index contributed by atoms with van der Waals surface area (Å²) in [5.74, 6) is 5.77. The van der Waals surface area contributed by atoms with Crippen molar-refractivity contribution in [2.45, 2.75) is 32.6 Å². The third kappa shape index (κ3) is 12.6. The first-order valence-corrected chi connectivity index (χ1v) is 23.2. The minimum absolute atomic E-state index is 0.0140. The van der Waals surface area contributed by atoms with Gasteiger partial charge in [-0.05, 0) is 62.9 Å². The Balaban J connectivity index is 0.839. The van der Waals surface area contributed by atoms with Crippen molar-refractivity contribution in [2.75, 3.05) is 95.7 Å². The molecule has 3 aromatic heterocycles. The average Bonchev–Trinajstić information content (AvgIpc) is 3.90. The highest BCUT2D eigenvalue weighted by molar-refractivity contribution is 14.1. The Morgan fingerprint density at radius 1 is 0.937 bits per heavy atom. The van der Waals surface area contributed by atoms with Gasteiger partial charge in [-0.3, -0.25) is 14.5 Å². The number of carbonyl (C=O) groups is 3. The second kappa shape index (κ2) is 22.6. The molecule has 0 atom stereocenters. The van der Waals surface area contributed by atoms with E-state index < -0.39 is 11.8 Å². The summed E-state index contributed by atoms with van der Waals surface area (Å²) in [4.78, 5) is 51.3. The fraction of sp³-hybridized carbons (Fsp3) is 0.419. The lowest BCUT2D eigenvalue weighted by molar-refractivity contribution is -0.138. The number of nitrogens with one attached hydrogen (secondary N) is 1. The van der Waals surface area contributed by atoms with E-state index in [1.54, 1.807) is 51.0 Å². The van der Waals surface area contributed by atoms with Gasteiger partial charge in [-0.2, -0.15) is 0 Å². The van der Waals surface area contributed by atoms with E-state index >= 15 is 4.39 Å². The van der Waals surface area contributed by atoms with E-state index in [1.807, 2.05) is 36.1 Å². The maximum atomic E-state index is 15.0. The number of ether oxygens (including phenoxy) is 4. The number of amides is 1. The standard InChI is InChI=1S/C43H46FIN8O8S2/c1-28-30-8-5-15-53(40(30)50-49-39(28)48-42-46-32-9-2-3-10-34(32)62-42)43-47-38(41(56)57)35(63-43)11-6-20-61-33-13-12-29(25-31(33)44)7-4-14-51-16-18-52(19-17-51)37(55)27-60-24-22-58-21-23-59-26-36(45)54/h2-3,9-10,12-13,25H,5-6,8,11,14-24,26-27H2,1H3,(H,56,57)(H,46,48,49). The van der Waals surface area contributed by atoms with E-state index in [-0.39, 0.29) is 47.6 Å². The number of carbonyl (C=O) groups excluding carboxylic acids is 2. The summed E-state index contributed by atoms with van der Waals surface area (Å²) < 4.78 is 37.7. The fourth-order valence-corrected chi connectivity index (χ4v) is 9.17. The maximum Gasteiger partial charge on any atom is 0.355 e. The smallest absolute Gasteiger partial charge is 0.355 e. The van der Waals surface area contributed by atoms with E-state index in [9.17, 15) is 19.5 Å². The summed E-state index contributed by atoms with van der Waals surface area (Å²) >= 11 is 4.53. The zero-order valence-corrected chi connectivity index (χ0v) is 38.4. The normalized spacial score (nSPS) is 14.0. The number of carboxylic acid groups (broad SMARTS) is 1. The first kappa shape index (κ1) is 46.1. The molecule has 0 radical (unpaired) electrons. The van der Waals surface area contributed by atoms with Gasteiger partial charge in [-0.15, -0.1) is 21.5 Å². The third-order valence-corrected chi connectivity index (χ3v) is 12.6. The summed E-state index contributed by atoms with van der Waals surface area (Å²) in [6, 6.07) is 12.5. The van der Waals surface area contributed by atoms with Gasteiger partial charge in [0.05, 0.1) is 49.8 Å². The minimum atomic E-state index is -1.12. The molecule has 63 heavy (non-hydrogen) atoms. The number of aromatic carboxylic acids is 1. The van der Waals surface area contributed by atoms with Gasteiger partial charge in [0.2, 0.25) is 9.70 Å². The highest BCUT2D eigenvalue weighted by Gasteiger charge is 2.29. The molecule has 16 nitrogen and oxygen atoms in total. The SMILES string of the molecule is Cc1c(Nc2nc3ccccc3s2)nnc2c1CCCN2c1nc(C(=O)O)c(CCCOc2ccc(C#CCN3CCN(C(=O)COCCOCCOCC(=O)I)CC3)cc2F)s1. The molecule has 7 rings (SSSR count). The van der Waals surface area contributed by atoms with Crippen LogP contribution in [0, 0.1) is 24.6 Å². The highest BCUT2D eigenvalue weighted by Crippen LogP contribution is 2.39. The molecular weight excluding hydrogens is 967 g/mol. The molecule has 0 saturated carbocycles. The van der Waals surface area contributed by atoms with Crippen LogP contribution in [0.2, 0.25) is 0 Å². The zero-order chi connectivity index (χ0) is 44.1. The lowest BCUT2D eigenvalue weighted by Gasteiger charge is -2.33. The first-order chi connectivity index (χ1) is 30.6. The molecule has 2 aliphatic rings. The Hall–Kier alpha value is -4.89. The predicted molar refractivity (Wildman–Crippen MR) is 246 cm³/mol. The molecule has 0 bridgehead atoms. The van der Waals surface area contributed by atoms with Crippen molar-refractivity contribution in [2.24, 2.45) is 0 Å². The monoisotopic (exact) mass is 1010 g/mol. The molecule has 2 aliphatic heterocycles. The third-order valence-electron chi connectivity index (χ3n) is 10.2. The van der Waals surface area contributed by atoms with Crippen LogP contribution < -0.4 is 15.0 Å². The van der Waals surface area contributed by atoms with Crippen LogP contribution in [-0.4, -0.2) is 136 Å². The van der Waals surface area contributed by atoms with E-state index in [0.717, 1.165) is 39.3 Å². The Kier molecular flexibility index (Phi) is 16.6. The molecule has 1 fully saturated rings. The number of benzene rings is 2. The quantitative estimate of drug-likeness (QED) is 0.0399. The van der Waals surface area contributed by atoms with Gasteiger partial charge in [-0.1, -0.05) is 35.3 Å². The molecule has 1 amide bonds. The number of hydrogen-bond donors (Lipinski definition) is 2. The molecule has 0 unspecified atom stereocenters. The second-order valence-electron chi connectivity index (χ2n) is 14.5. The summed E-state index contributed by atoms with van der Waals surface area (Å²) in [6.07, 6.45) is 2.46. The Morgan fingerprint density at radius 2 is 1.71 bits per heavy atom. The van der Waals surface area contributed by atoms with Crippen LogP contribution >= 0.6 is 45.3 Å². The Labute approximate surface area is 385 Å². The van der Waals surface area contributed by atoms with Crippen LogP contribution in [0.3, 0.4) is 0 Å². The van der Waals surface area contributed by atoms with Gasteiger partial charge in [0.1, 0.15) is 13.2 Å². The van der Waals surface area contributed by atoms with Gasteiger partial charge in [0, 0.05) is 76.9 Å². The lowest BCUT2D eigenvalue weighted by atomic mass is 10.0. The summed E-state index contributed by atoms with van der Waals surface area (Å²) in [7, 11) is 0. The molecule has 332 valence electrons. The van der Waals surface area contributed by atoms with E-state index in [1.165, 1.54) is 17.4 Å². The largest absolute Gasteiger partial charge is 0.491 e. The number of thiazole rings is 2. The van der Waals surface area contributed by atoms with Crippen molar-refractivity contribution in [3.05, 3.63) is 75.5 Å². The van der Waals surface area contributed by atoms with Gasteiger partial charge in [-0.25, -0.2) is 19.2 Å². The molecular formula is C43H46FIN8O8S2. The van der Waals surface area contributed by atoms with Gasteiger partial charge >= 0.3 is 5.97 Å². The molecule has 5 aromatic rings. The number of halogens is 2. The number of aryl methyl sites for hydroxylation is 1. The number of anilines is 4. The molecule has 0 spiro atoms. The van der Waals surface area contributed by atoms with Crippen molar-refractivity contribution < 1.29 is 42.8 Å². The van der Waals surface area contributed by atoms with Crippen LogP contribution in [0.1, 0.15) is 44.9 Å². The van der Waals surface area contributed by atoms with Crippen molar-refractivity contribution >= 4 is 93.0 Å². The van der Waals surface area contributed by atoms with E-state index in [2.05, 4.69) is 42.2 Å². The van der Waals surface area contributed by atoms with E-state index in [4.69, 9.17) is 18.9 Å². The summed E-state index contributed by atoms with van der Waals surface area (Å²) in [6.45, 7) is 7.03. The van der Waals surface area contributed by atoms with Crippen molar-refractivity contribution in [1.29, 1.82) is 0 Å². The number of rotatable bonds is 20. The fourth-order valence-electron chi connectivity index (χ4n) is 6.96. The lowest BCUT2D eigenvalue weighted by Crippen LogP contribution is -2.49. The number of hydrogen-bond acceptors (Lipinski definition) is 16. The summed E-state index contributed by atoms with van der Waals surface area (Å²) in [5.41, 5.74) is 3.40. The number of aromatic nitrogens is 4. The van der Waals surface area contributed by atoms with Crippen LogP contribution in [0.15, 0.2) is 42.5 Å². The van der Waals surface area contributed by atoms with Gasteiger partial charge in [0.15, 0.2) is 39.2 Å². The van der Waals surface area contributed by atoms with Crippen molar-refractivity contribution in [3.8, 4) is 17.6 Å². The maximum absolute atomic E-state index is 15.0. The van der Waals surface area contributed by atoms with Gasteiger partial charge < -0.3 is 39.2 Å². The van der Waals surface area contributed by atoms with Crippen molar-refractivity contribution in [1.82, 2.24) is 30.0 Å². The zero-order valence-electron chi connectivity index (χ0n) is 34.6. The average molecular weight is 1010 g/mol. The molecule has 5 heterocycles. The molecule has 2 N–H and O–H groups in total. The minimum Gasteiger partial charge on any atom is -0.491 e. The van der Waals surface area contributed by atoms with Crippen molar-refractivity contribution in [3.63, 3.8) is 0 Å². The Bertz CT molecular complexity index is 2440. The number of piperazine rings is 1. The molecule has 1 saturated heterocycles. The predicted octanol–water partition coefficient (Wildman–Crippen LogP) is 6.04.